The average molecular weight is 356 g/mol. The highest BCUT2D eigenvalue weighted by atomic mass is 19.2. The molecule has 26 heavy (non-hydrogen) atoms. The monoisotopic (exact) mass is 356 g/mol. The van der Waals surface area contributed by atoms with Crippen LogP contribution in [0.25, 0.3) is 10.8 Å². The lowest BCUT2D eigenvalue weighted by atomic mass is 9.68. The summed E-state index contributed by atoms with van der Waals surface area (Å²) >= 11 is 0. The summed E-state index contributed by atoms with van der Waals surface area (Å²) in [6, 6.07) is 8.59. The van der Waals surface area contributed by atoms with Gasteiger partial charge in [0.25, 0.3) is 0 Å². The molecule has 138 valence electrons. The molecule has 0 amide bonds. The van der Waals surface area contributed by atoms with Crippen molar-refractivity contribution in [3.63, 3.8) is 0 Å². The Morgan fingerprint density at radius 3 is 2.08 bits per heavy atom. The van der Waals surface area contributed by atoms with Crippen molar-refractivity contribution in [3.05, 3.63) is 47.5 Å². The predicted molar refractivity (Wildman–Crippen MR) is 100 cm³/mol. The number of carbonyl (C=O) groups is 1. The van der Waals surface area contributed by atoms with Gasteiger partial charge in [0.15, 0.2) is 11.6 Å². The van der Waals surface area contributed by atoms with Crippen molar-refractivity contribution < 1.29 is 13.6 Å². The number of hydrogen-bond acceptors (Lipinski definition) is 1. The smallest absolute Gasteiger partial charge is 0.166 e. The van der Waals surface area contributed by atoms with E-state index in [1.807, 2.05) is 6.07 Å². The average Bonchev–Trinajstić information content (AvgIpc) is 2.71. The summed E-state index contributed by atoms with van der Waals surface area (Å²) in [7, 11) is 0. The maximum Gasteiger partial charge on any atom is 0.166 e. The van der Waals surface area contributed by atoms with Gasteiger partial charge in [-0.3, -0.25) is 0 Å². The van der Waals surface area contributed by atoms with E-state index in [0.29, 0.717) is 11.3 Å². The van der Waals surface area contributed by atoms with Gasteiger partial charge >= 0.3 is 0 Å². The number of benzene rings is 2. The molecule has 2 aromatic carbocycles. The molecule has 2 aliphatic carbocycles. The van der Waals surface area contributed by atoms with Gasteiger partial charge in [-0.25, -0.2) is 8.78 Å². The lowest BCUT2D eigenvalue weighted by Gasteiger charge is -2.37. The van der Waals surface area contributed by atoms with Gasteiger partial charge in [-0.05, 0) is 86.1 Å². The third-order valence-electron chi connectivity index (χ3n) is 6.87. The van der Waals surface area contributed by atoms with E-state index in [-0.39, 0.29) is 5.92 Å². The van der Waals surface area contributed by atoms with Crippen LogP contribution in [0.5, 0.6) is 0 Å². The van der Waals surface area contributed by atoms with Crippen LogP contribution < -0.4 is 0 Å². The molecule has 0 N–H and O–H groups in total. The molecular formula is C23H26F2O. The van der Waals surface area contributed by atoms with Crippen LogP contribution in [0.2, 0.25) is 0 Å². The topological polar surface area (TPSA) is 17.1 Å². The first kappa shape index (κ1) is 17.6. The van der Waals surface area contributed by atoms with Gasteiger partial charge < -0.3 is 4.79 Å². The molecule has 1 nitrogen and oxygen atoms in total. The van der Waals surface area contributed by atoms with Gasteiger partial charge in [0.05, 0.1) is 0 Å². The molecule has 0 aliphatic heterocycles. The lowest BCUT2D eigenvalue weighted by molar-refractivity contribution is -0.112. The summed E-state index contributed by atoms with van der Waals surface area (Å²) in [6.45, 7) is 0. The molecule has 2 fully saturated rings. The van der Waals surface area contributed by atoms with Gasteiger partial charge in [-0.1, -0.05) is 24.3 Å². The maximum absolute atomic E-state index is 14.1. The molecule has 0 atom stereocenters. The summed E-state index contributed by atoms with van der Waals surface area (Å²) in [5, 5.41) is 1.26. The van der Waals surface area contributed by atoms with Crippen molar-refractivity contribution in [2.24, 2.45) is 17.8 Å². The highest BCUT2D eigenvalue weighted by molar-refractivity contribution is 5.86. The summed E-state index contributed by atoms with van der Waals surface area (Å²) in [5.74, 6) is 0.753. The Labute approximate surface area is 153 Å². The Morgan fingerprint density at radius 1 is 0.769 bits per heavy atom. The Morgan fingerprint density at radius 2 is 1.42 bits per heavy atom. The second-order valence-corrected chi connectivity index (χ2v) is 8.23. The van der Waals surface area contributed by atoms with Crippen LogP contribution in [0.1, 0.15) is 62.8 Å². The second kappa shape index (κ2) is 7.46. The summed E-state index contributed by atoms with van der Waals surface area (Å²) in [6.07, 6.45) is 10.3. The summed E-state index contributed by atoms with van der Waals surface area (Å²) in [5.41, 5.74) is 1.17. The minimum Gasteiger partial charge on any atom is -0.303 e. The third-order valence-corrected chi connectivity index (χ3v) is 6.87. The van der Waals surface area contributed by atoms with E-state index in [1.54, 1.807) is 12.1 Å². The zero-order valence-corrected chi connectivity index (χ0v) is 15.1. The highest BCUT2D eigenvalue weighted by Crippen LogP contribution is 2.45. The quantitative estimate of drug-likeness (QED) is 0.582. The number of carbonyl (C=O) groups excluding carboxylic acids is 1. The first-order valence-corrected chi connectivity index (χ1v) is 9.99. The standard InChI is InChI=1S/C23H26F2O/c24-22-13-12-20-19(2-1-3-21(20)23(22)25)18-10-8-17(9-11-18)16-6-4-15(14-26)5-7-16/h1-3,12-18H,4-11H2. The molecule has 0 saturated heterocycles. The van der Waals surface area contributed by atoms with Crippen LogP contribution in [0, 0.1) is 29.4 Å². The van der Waals surface area contributed by atoms with E-state index in [0.717, 1.165) is 49.2 Å². The fourth-order valence-corrected chi connectivity index (χ4v) is 5.33. The molecule has 4 rings (SSSR count). The summed E-state index contributed by atoms with van der Waals surface area (Å²) in [4.78, 5) is 10.9. The Kier molecular flexibility index (Phi) is 5.06. The number of halogens is 2. The zero-order chi connectivity index (χ0) is 18.1. The molecule has 2 aliphatic rings. The molecule has 3 heteroatoms. The van der Waals surface area contributed by atoms with Gasteiger partial charge in [0, 0.05) is 11.3 Å². The van der Waals surface area contributed by atoms with Crippen molar-refractivity contribution in [2.45, 2.75) is 57.3 Å². The molecule has 0 unspecified atom stereocenters. The van der Waals surface area contributed by atoms with Gasteiger partial charge in [-0.2, -0.15) is 0 Å². The van der Waals surface area contributed by atoms with Crippen molar-refractivity contribution in [3.8, 4) is 0 Å². The first-order chi connectivity index (χ1) is 12.7. The Bertz CT molecular complexity index is 784. The number of rotatable bonds is 3. The minimum atomic E-state index is -0.774. The van der Waals surface area contributed by atoms with Gasteiger partial charge in [0.1, 0.15) is 6.29 Å². The SMILES string of the molecule is O=CC1CCC(C2CCC(c3cccc4c(F)c(F)ccc34)CC2)CC1. The van der Waals surface area contributed by atoms with E-state index in [2.05, 4.69) is 6.07 Å². The number of aldehydes is 1. The molecule has 0 bridgehead atoms. The van der Waals surface area contributed by atoms with Crippen LogP contribution >= 0.6 is 0 Å². The second-order valence-electron chi connectivity index (χ2n) is 8.23. The van der Waals surface area contributed by atoms with E-state index in [9.17, 15) is 13.6 Å². The van der Waals surface area contributed by atoms with Crippen molar-refractivity contribution >= 4 is 17.1 Å². The van der Waals surface area contributed by atoms with Gasteiger partial charge in [-0.15, -0.1) is 0 Å². The van der Waals surface area contributed by atoms with E-state index < -0.39 is 11.6 Å². The fraction of sp³-hybridized carbons (Fsp3) is 0.522. The Balaban J connectivity index is 1.46. The molecule has 0 spiro atoms. The molecule has 0 aromatic heterocycles. The Hall–Kier alpha value is -1.77. The fourth-order valence-electron chi connectivity index (χ4n) is 5.33. The van der Waals surface area contributed by atoms with Crippen LogP contribution in [0.3, 0.4) is 0 Å². The maximum atomic E-state index is 14.1. The first-order valence-electron chi connectivity index (χ1n) is 9.99. The van der Waals surface area contributed by atoms with Crippen LogP contribution in [-0.2, 0) is 4.79 Å². The van der Waals surface area contributed by atoms with Gasteiger partial charge in [0.2, 0.25) is 0 Å². The van der Waals surface area contributed by atoms with E-state index in [4.69, 9.17) is 0 Å². The number of hydrogen-bond donors (Lipinski definition) is 0. The van der Waals surface area contributed by atoms with E-state index >= 15 is 0 Å². The van der Waals surface area contributed by atoms with Crippen molar-refractivity contribution in [1.82, 2.24) is 0 Å². The highest BCUT2D eigenvalue weighted by Gasteiger charge is 2.31. The predicted octanol–water partition coefficient (Wildman–Crippen LogP) is 6.40. The summed E-state index contributed by atoms with van der Waals surface area (Å²) < 4.78 is 27.6. The normalized spacial score (nSPS) is 29.6. The van der Waals surface area contributed by atoms with Crippen molar-refractivity contribution in [1.29, 1.82) is 0 Å². The molecule has 2 saturated carbocycles. The molecule has 0 heterocycles. The van der Waals surface area contributed by atoms with E-state index in [1.165, 1.54) is 37.3 Å². The zero-order valence-electron chi connectivity index (χ0n) is 15.1. The molecule has 0 radical (unpaired) electrons. The van der Waals surface area contributed by atoms with Crippen LogP contribution in [0.15, 0.2) is 30.3 Å². The molecular weight excluding hydrogens is 330 g/mol. The van der Waals surface area contributed by atoms with Crippen molar-refractivity contribution in [2.75, 3.05) is 0 Å². The van der Waals surface area contributed by atoms with Crippen LogP contribution in [-0.4, -0.2) is 6.29 Å². The van der Waals surface area contributed by atoms with Crippen LogP contribution in [0.4, 0.5) is 8.78 Å². The molecule has 2 aromatic rings. The largest absolute Gasteiger partial charge is 0.303 e. The minimum absolute atomic E-state index is 0.286. The number of fused-ring (bicyclic) bond motifs is 1. The lowest BCUT2D eigenvalue weighted by Crippen LogP contribution is -2.25. The third kappa shape index (κ3) is 3.28.